The minimum atomic E-state index is 0.884. The molecule has 0 amide bonds. The van der Waals surface area contributed by atoms with Crippen molar-refractivity contribution in [3.8, 4) is 11.3 Å². The third kappa shape index (κ3) is 2.92. The molecule has 0 aliphatic heterocycles. The van der Waals surface area contributed by atoms with Crippen molar-refractivity contribution in [3.05, 3.63) is 41.2 Å². The molecule has 100 valence electrons. The van der Waals surface area contributed by atoms with Gasteiger partial charge in [-0.05, 0) is 31.4 Å². The lowest BCUT2D eigenvalue weighted by molar-refractivity contribution is 0.838. The number of aryl methyl sites for hydroxylation is 2. The summed E-state index contributed by atoms with van der Waals surface area (Å²) in [6.07, 6.45) is 1.97. The van der Waals surface area contributed by atoms with Gasteiger partial charge in [-0.3, -0.25) is 0 Å². The molecule has 19 heavy (non-hydrogen) atoms. The third-order valence-electron chi connectivity index (χ3n) is 3.38. The zero-order valence-electron chi connectivity index (χ0n) is 12.1. The first-order chi connectivity index (χ1) is 9.15. The Morgan fingerprint density at radius 3 is 2.63 bits per heavy atom. The van der Waals surface area contributed by atoms with E-state index in [1.807, 2.05) is 13.1 Å². The van der Waals surface area contributed by atoms with Gasteiger partial charge in [0.1, 0.15) is 11.6 Å². The van der Waals surface area contributed by atoms with Gasteiger partial charge in [0.05, 0.1) is 5.69 Å². The summed E-state index contributed by atoms with van der Waals surface area (Å²) in [4.78, 5) is 9.19. The number of aromatic nitrogens is 2. The fraction of sp³-hybridized carbons (Fsp3) is 0.375. The summed E-state index contributed by atoms with van der Waals surface area (Å²) < 4.78 is 0. The highest BCUT2D eigenvalue weighted by Crippen LogP contribution is 2.25. The highest BCUT2D eigenvalue weighted by atomic mass is 15.0. The second-order valence-electron chi connectivity index (χ2n) is 4.80. The lowest BCUT2D eigenvalue weighted by Crippen LogP contribution is -2.02. The third-order valence-corrected chi connectivity index (χ3v) is 3.38. The van der Waals surface area contributed by atoms with Crippen LogP contribution in [0.25, 0.3) is 11.3 Å². The molecule has 0 radical (unpaired) electrons. The van der Waals surface area contributed by atoms with E-state index in [9.17, 15) is 0 Å². The smallest absolute Gasteiger partial charge is 0.131 e. The van der Waals surface area contributed by atoms with Crippen molar-refractivity contribution in [2.45, 2.75) is 33.6 Å². The van der Waals surface area contributed by atoms with Gasteiger partial charge in [-0.2, -0.15) is 0 Å². The molecule has 2 aromatic rings. The van der Waals surface area contributed by atoms with Crippen LogP contribution in [0, 0.1) is 13.8 Å². The standard InChI is InChI=1S/C16H21N3/c1-5-7-15-18-14(10-16(17-4)19-15)13-9-6-8-11(2)12(13)3/h6,8-10H,5,7H2,1-4H3,(H,17,18,19). The van der Waals surface area contributed by atoms with Crippen LogP contribution in [-0.2, 0) is 6.42 Å². The Morgan fingerprint density at radius 2 is 1.95 bits per heavy atom. The summed E-state index contributed by atoms with van der Waals surface area (Å²) >= 11 is 0. The molecule has 0 fully saturated rings. The zero-order chi connectivity index (χ0) is 13.8. The first-order valence-electron chi connectivity index (χ1n) is 6.78. The van der Waals surface area contributed by atoms with Gasteiger partial charge >= 0.3 is 0 Å². The van der Waals surface area contributed by atoms with Gasteiger partial charge in [-0.1, -0.05) is 25.1 Å². The van der Waals surface area contributed by atoms with Crippen LogP contribution in [0.5, 0.6) is 0 Å². The molecule has 2 rings (SSSR count). The van der Waals surface area contributed by atoms with E-state index < -0.39 is 0 Å². The Labute approximate surface area is 115 Å². The molecule has 3 heteroatoms. The molecule has 0 aliphatic rings. The van der Waals surface area contributed by atoms with E-state index in [0.717, 1.165) is 30.2 Å². The zero-order valence-corrected chi connectivity index (χ0v) is 12.1. The molecule has 0 spiro atoms. The van der Waals surface area contributed by atoms with Gasteiger partial charge in [0.25, 0.3) is 0 Å². The summed E-state index contributed by atoms with van der Waals surface area (Å²) in [6, 6.07) is 8.35. The number of hydrogen-bond acceptors (Lipinski definition) is 3. The van der Waals surface area contributed by atoms with Crippen LogP contribution >= 0.6 is 0 Å². The molecular weight excluding hydrogens is 234 g/mol. The molecule has 1 heterocycles. The van der Waals surface area contributed by atoms with Crippen LogP contribution in [0.4, 0.5) is 5.82 Å². The van der Waals surface area contributed by atoms with E-state index in [4.69, 9.17) is 4.98 Å². The minimum Gasteiger partial charge on any atom is -0.373 e. The minimum absolute atomic E-state index is 0.884. The summed E-state index contributed by atoms with van der Waals surface area (Å²) in [7, 11) is 1.89. The highest BCUT2D eigenvalue weighted by Gasteiger charge is 2.09. The van der Waals surface area contributed by atoms with E-state index in [-0.39, 0.29) is 0 Å². The van der Waals surface area contributed by atoms with Crippen LogP contribution < -0.4 is 5.32 Å². The maximum absolute atomic E-state index is 4.69. The fourth-order valence-electron chi connectivity index (χ4n) is 2.13. The molecule has 0 unspecified atom stereocenters. The topological polar surface area (TPSA) is 37.8 Å². The first-order valence-corrected chi connectivity index (χ1v) is 6.78. The molecule has 1 N–H and O–H groups in total. The SMILES string of the molecule is CCCc1nc(NC)cc(-c2cccc(C)c2C)n1. The van der Waals surface area contributed by atoms with Crippen molar-refractivity contribution in [1.29, 1.82) is 0 Å². The van der Waals surface area contributed by atoms with Crippen molar-refractivity contribution < 1.29 is 0 Å². The van der Waals surface area contributed by atoms with Gasteiger partial charge in [0.2, 0.25) is 0 Å². The molecule has 0 atom stereocenters. The normalized spacial score (nSPS) is 10.5. The summed E-state index contributed by atoms with van der Waals surface area (Å²) in [5, 5.41) is 3.12. The second-order valence-corrected chi connectivity index (χ2v) is 4.80. The average molecular weight is 255 g/mol. The molecule has 0 bridgehead atoms. The van der Waals surface area contributed by atoms with Crippen LogP contribution in [0.3, 0.4) is 0 Å². The van der Waals surface area contributed by atoms with Crippen molar-refractivity contribution in [2.75, 3.05) is 12.4 Å². The van der Waals surface area contributed by atoms with Crippen molar-refractivity contribution in [2.24, 2.45) is 0 Å². The van der Waals surface area contributed by atoms with Gasteiger partial charge in [-0.15, -0.1) is 0 Å². The Kier molecular flexibility index (Phi) is 4.15. The Morgan fingerprint density at radius 1 is 1.16 bits per heavy atom. The number of benzene rings is 1. The van der Waals surface area contributed by atoms with E-state index in [1.54, 1.807) is 0 Å². The molecule has 0 saturated carbocycles. The molecular formula is C16H21N3. The second kappa shape index (κ2) is 5.83. The number of anilines is 1. The van der Waals surface area contributed by atoms with E-state index >= 15 is 0 Å². The summed E-state index contributed by atoms with van der Waals surface area (Å²) in [5.74, 6) is 1.79. The highest BCUT2D eigenvalue weighted by molar-refractivity contribution is 5.67. The van der Waals surface area contributed by atoms with Gasteiger partial charge in [0.15, 0.2) is 0 Å². The van der Waals surface area contributed by atoms with E-state index in [0.29, 0.717) is 0 Å². The predicted molar refractivity (Wildman–Crippen MR) is 80.5 cm³/mol. The Balaban J connectivity index is 2.54. The summed E-state index contributed by atoms with van der Waals surface area (Å²) in [5.41, 5.74) is 4.77. The van der Waals surface area contributed by atoms with Crippen LogP contribution in [0.1, 0.15) is 30.3 Å². The largest absolute Gasteiger partial charge is 0.373 e. The predicted octanol–water partition coefficient (Wildman–Crippen LogP) is 3.75. The number of rotatable bonds is 4. The van der Waals surface area contributed by atoms with Crippen molar-refractivity contribution in [1.82, 2.24) is 9.97 Å². The first kappa shape index (κ1) is 13.5. The Bertz CT molecular complexity index is 576. The van der Waals surface area contributed by atoms with E-state index in [1.165, 1.54) is 16.7 Å². The van der Waals surface area contributed by atoms with Crippen LogP contribution in [0.2, 0.25) is 0 Å². The lowest BCUT2D eigenvalue weighted by atomic mass is 10.0. The lowest BCUT2D eigenvalue weighted by Gasteiger charge is -2.11. The number of nitrogens with zero attached hydrogens (tertiary/aromatic N) is 2. The summed E-state index contributed by atoms with van der Waals surface area (Å²) in [6.45, 7) is 6.42. The van der Waals surface area contributed by atoms with Gasteiger partial charge in [0, 0.05) is 25.1 Å². The molecule has 0 saturated heterocycles. The number of nitrogens with one attached hydrogen (secondary N) is 1. The maximum atomic E-state index is 4.69. The quantitative estimate of drug-likeness (QED) is 0.904. The molecule has 0 aliphatic carbocycles. The van der Waals surface area contributed by atoms with Gasteiger partial charge in [-0.25, -0.2) is 9.97 Å². The van der Waals surface area contributed by atoms with E-state index in [2.05, 4.69) is 49.3 Å². The average Bonchev–Trinajstić information content (AvgIpc) is 2.42. The molecule has 1 aromatic carbocycles. The monoisotopic (exact) mass is 255 g/mol. The van der Waals surface area contributed by atoms with Crippen molar-refractivity contribution in [3.63, 3.8) is 0 Å². The van der Waals surface area contributed by atoms with Crippen molar-refractivity contribution >= 4 is 5.82 Å². The Hall–Kier alpha value is -1.90. The molecule has 1 aromatic heterocycles. The fourth-order valence-corrected chi connectivity index (χ4v) is 2.13. The molecule has 3 nitrogen and oxygen atoms in total. The van der Waals surface area contributed by atoms with Crippen LogP contribution in [-0.4, -0.2) is 17.0 Å². The van der Waals surface area contributed by atoms with Crippen LogP contribution in [0.15, 0.2) is 24.3 Å². The van der Waals surface area contributed by atoms with Gasteiger partial charge < -0.3 is 5.32 Å². The number of hydrogen-bond donors (Lipinski definition) is 1. The maximum Gasteiger partial charge on any atom is 0.131 e.